The van der Waals surface area contributed by atoms with Crippen molar-refractivity contribution in [2.45, 2.75) is 24.9 Å². The van der Waals surface area contributed by atoms with Crippen LogP contribution in [-0.4, -0.2) is 40.2 Å². The molecule has 0 amide bonds. The number of thiazole rings is 1. The van der Waals surface area contributed by atoms with Crippen molar-refractivity contribution < 1.29 is 13.5 Å². The first kappa shape index (κ1) is 22.5. The first-order chi connectivity index (χ1) is 16.3. The molecule has 0 N–H and O–H groups in total. The summed E-state index contributed by atoms with van der Waals surface area (Å²) in [4.78, 5) is 27.8. The molecule has 1 saturated heterocycles. The van der Waals surface area contributed by atoms with Gasteiger partial charge in [0.2, 0.25) is 5.56 Å². The summed E-state index contributed by atoms with van der Waals surface area (Å²) in [6.07, 6.45) is 2.87. The quantitative estimate of drug-likeness (QED) is 0.428. The van der Waals surface area contributed by atoms with Gasteiger partial charge in [0.25, 0.3) is 0 Å². The number of fused-ring (bicyclic) bond motifs is 1. The molecule has 1 aliphatic rings. The van der Waals surface area contributed by atoms with Gasteiger partial charge in [0.15, 0.2) is 10.8 Å². The van der Waals surface area contributed by atoms with Crippen LogP contribution in [0.1, 0.15) is 36.3 Å². The van der Waals surface area contributed by atoms with Crippen molar-refractivity contribution >= 4 is 26.8 Å². The maximum atomic E-state index is 14.8. The average molecular weight is 484 g/mol. The van der Waals surface area contributed by atoms with Crippen LogP contribution in [0.25, 0.3) is 21.6 Å². The van der Waals surface area contributed by atoms with Crippen molar-refractivity contribution in [2.75, 3.05) is 25.6 Å². The van der Waals surface area contributed by atoms with E-state index in [1.165, 1.54) is 34.1 Å². The van der Waals surface area contributed by atoms with E-state index in [0.717, 1.165) is 16.8 Å². The number of aryl methyl sites for hydroxylation is 1. The van der Waals surface area contributed by atoms with Gasteiger partial charge in [-0.15, -0.1) is 0 Å². The summed E-state index contributed by atoms with van der Waals surface area (Å²) in [7, 11) is 5.46. The fourth-order valence-electron chi connectivity index (χ4n) is 4.14. The Hall–Kier alpha value is -3.24. The molecule has 0 radical (unpaired) electrons. The Bertz CT molecular complexity index is 1430. The number of benzene rings is 1. The molecule has 1 fully saturated rings. The molecule has 10 heteroatoms. The lowest BCUT2D eigenvalue weighted by Crippen LogP contribution is -2.22. The number of nitrogens with zero attached hydrogens (tertiary/aromatic N) is 5. The molecule has 4 heterocycles. The molecule has 2 atom stereocenters. The van der Waals surface area contributed by atoms with E-state index in [2.05, 4.69) is 4.98 Å². The van der Waals surface area contributed by atoms with Gasteiger partial charge in [0, 0.05) is 57.6 Å². The van der Waals surface area contributed by atoms with Crippen LogP contribution in [0.3, 0.4) is 0 Å². The van der Waals surface area contributed by atoms with Gasteiger partial charge in [0.1, 0.15) is 22.2 Å². The number of rotatable bonds is 4. The van der Waals surface area contributed by atoms with Crippen molar-refractivity contribution in [3.8, 4) is 11.3 Å². The van der Waals surface area contributed by atoms with Gasteiger partial charge in [-0.25, -0.2) is 18.7 Å². The van der Waals surface area contributed by atoms with Crippen LogP contribution in [-0.2, 0) is 11.8 Å². The van der Waals surface area contributed by atoms with E-state index in [1.54, 1.807) is 19.3 Å². The minimum Gasteiger partial charge on any atom is -0.373 e. The third kappa shape index (κ3) is 4.19. The monoisotopic (exact) mass is 483 g/mol. The molecular formula is C24H23F2N5O2S. The Morgan fingerprint density at radius 1 is 1.15 bits per heavy atom. The summed E-state index contributed by atoms with van der Waals surface area (Å²) >= 11 is 1.37. The summed E-state index contributed by atoms with van der Waals surface area (Å²) in [5, 5.41) is 0.722. The molecule has 0 aliphatic carbocycles. The molecule has 176 valence electrons. The van der Waals surface area contributed by atoms with Crippen LogP contribution in [0, 0.1) is 11.6 Å². The van der Waals surface area contributed by atoms with Crippen molar-refractivity contribution in [3.05, 3.63) is 69.9 Å². The van der Waals surface area contributed by atoms with Gasteiger partial charge in [-0.05, 0) is 36.6 Å². The Morgan fingerprint density at radius 3 is 2.71 bits per heavy atom. The maximum absolute atomic E-state index is 14.8. The van der Waals surface area contributed by atoms with Crippen LogP contribution in [0.15, 0.2) is 41.3 Å². The average Bonchev–Trinajstić information content (AvgIpc) is 3.25. The van der Waals surface area contributed by atoms with Crippen LogP contribution < -0.4 is 10.5 Å². The molecule has 4 aromatic rings. The summed E-state index contributed by atoms with van der Waals surface area (Å²) in [6, 6.07) is 6.80. The topological polar surface area (TPSA) is 73.1 Å². The minimum absolute atomic E-state index is 0.0489. The predicted octanol–water partition coefficient (Wildman–Crippen LogP) is 4.43. The molecule has 7 nitrogen and oxygen atoms in total. The van der Waals surface area contributed by atoms with Crippen molar-refractivity contribution in [1.29, 1.82) is 0 Å². The van der Waals surface area contributed by atoms with E-state index in [4.69, 9.17) is 14.7 Å². The summed E-state index contributed by atoms with van der Waals surface area (Å²) in [6.45, 7) is 0.500. The fraction of sp³-hybridized carbons (Fsp3) is 0.333. The highest BCUT2D eigenvalue weighted by Crippen LogP contribution is 2.40. The number of aromatic nitrogens is 4. The third-order valence-corrected chi connectivity index (χ3v) is 7.18. The smallest absolute Gasteiger partial charge is 0.250 e. The summed E-state index contributed by atoms with van der Waals surface area (Å²) in [5.74, 6) is -0.817. The maximum Gasteiger partial charge on any atom is 0.250 e. The number of hydrogen-bond acceptors (Lipinski definition) is 7. The zero-order chi connectivity index (χ0) is 24.0. The molecule has 0 bridgehead atoms. The van der Waals surface area contributed by atoms with Crippen LogP contribution in [0.2, 0.25) is 0 Å². The van der Waals surface area contributed by atoms with Gasteiger partial charge >= 0.3 is 0 Å². The van der Waals surface area contributed by atoms with E-state index in [9.17, 15) is 13.6 Å². The molecule has 0 spiro atoms. The lowest BCUT2D eigenvalue weighted by Gasteiger charge is -2.29. The standard InChI is InChI=1S/C24H23F2N5O2S/c1-30(2)24-29-23-21(34-24)20(16-6-5-15(25)11-17(16)26)27-22(28-23)13-8-9-33-18(10-13)14-4-7-19(32)31(3)12-14/h4-7,11-13,18H,8-10H2,1-3H3/t13-,18+/m1/s1. The van der Waals surface area contributed by atoms with Crippen LogP contribution >= 0.6 is 11.3 Å². The molecule has 0 saturated carbocycles. The van der Waals surface area contributed by atoms with Gasteiger partial charge in [-0.2, -0.15) is 4.98 Å². The predicted molar refractivity (Wildman–Crippen MR) is 127 cm³/mol. The highest BCUT2D eigenvalue weighted by molar-refractivity contribution is 7.22. The number of anilines is 1. The summed E-state index contributed by atoms with van der Waals surface area (Å²) < 4.78 is 36.5. The van der Waals surface area contributed by atoms with Crippen molar-refractivity contribution in [1.82, 2.24) is 19.5 Å². The second kappa shape index (κ2) is 8.84. The van der Waals surface area contributed by atoms with Crippen molar-refractivity contribution in [2.24, 2.45) is 7.05 Å². The number of ether oxygens (including phenoxy) is 1. The Balaban J connectivity index is 1.59. The molecule has 1 aromatic carbocycles. The molecule has 0 unspecified atom stereocenters. The largest absolute Gasteiger partial charge is 0.373 e. The normalized spacial score (nSPS) is 18.4. The number of pyridine rings is 1. The molecule has 34 heavy (non-hydrogen) atoms. The van der Waals surface area contributed by atoms with Gasteiger partial charge < -0.3 is 14.2 Å². The van der Waals surface area contributed by atoms with E-state index >= 15 is 0 Å². The summed E-state index contributed by atoms with van der Waals surface area (Å²) in [5.41, 5.74) is 1.93. The molecule has 3 aromatic heterocycles. The van der Waals surface area contributed by atoms with Crippen LogP contribution in [0.5, 0.6) is 0 Å². The highest BCUT2D eigenvalue weighted by atomic mass is 32.1. The molecule has 1 aliphatic heterocycles. The van der Waals surface area contributed by atoms with E-state index in [0.29, 0.717) is 41.3 Å². The van der Waals surface area contributed by atoms with Crippen molar-refractivity contribution in [3.63, 3.8) is 0 Å². The Morgan fingerprint density at radius 2 is 1.97 bits per heavy atom. The van der Waals surface area contributed by atoms with E-state index < -0.39 is 11.6 Å². The first-order valence-corrected chi connectivity index (χ1v) is 11.7. The van der Waals surface area contributed by atoms with E-state index in [1.807, 2.05) is 19.0 Å². The Labute approximate surface area is 198 Å². The zero-order valence-electron chi connectivity index (χ0n) is 19.0. The highest BCUT2D eigenvalue weighted by Gasteiger charge is 2.29. The van der Waals surface area contributed by atoms with Gasteiger partial charge in [0.05, 0.1) is 11.8 Å². The van der Waals surface area contributed by atoms with Crippen LogP contribution in [0.4, 0.5) is 13.9 Å². The van der Waals surface area contributed by atoms with Gasteiger partial charge in [-0.3, -0.25) is 4.79 Å². The fourth-order valence-corrected chi connectivity index (χ4v) is 5.07. The Kier molecular flexibility index (Phi) is 5.86. The van der Waals surface area contributed by atoms with Gasteiger partial charge in [-0.1, -0.05) is 11.3 Å². The molecule has 5 rings (SSSR count). The second-order valence-electron chi connectivity index (χ2n) is 8.59. The minimum atomic E-state index is -0.680. The lowest BCUT2D eigenvalue weighted by atomic mass is 9.91. The van der Waals surface area contributed by atoms with E-state index in [-0.39, 0.29) is 23.1 Å². The SMILES string of the molecule is CN(C)c1nc2nc([C@@H]3CCO[C@H](c4ccc(=O)n(C)c4)C3)nc(-c3ccc(F)cc3F)c2s1. The zero-order valence-corrected chi connectivity index (χ0v) is 19.8. The number of halogens is 2. The first-order valence-electron chi connectivity index (χ1n) is 10.9. The second-order valence-corrected chi connectivity index (χ2v) is 9.57. The third-order valence-electron chi connectivity index (χ3n) is 5.96. The lowest BCUT2D eigenvalue weighted by molar-refractivity contribution is 0.00365. The molecular weight excluding hydrogens is 460 g/mol. The number of hydrogen-bond donors (Lipinski definition) is 0.